The Hall–Kier alpha value is -0.900. The van der Waals surface area contributed by atoms with Gasteiger partial charge in [-0.25, -0.2) is 4.98 Å². The number of rotatable bonds is 6. The van der Waals surface area contributed by atoms with Crippen LogP contribution in [0.4, 0.5) is 0 Å². The first-order chi connectivity index (χ1) is 11.6. The molecule has 1 aliphatic rings. The average Bonchev–Trinajstić information content (AvgIpc) is 2.89. The molecule has 1 heterocycles. The van der Waals surface area contributed by atoms with Crippen molar-refractivity contribution in [3.8, 4) is 0 Å². The largest absolute Gasteiger partial charge is 0.356 e. The number of hydrogen-bond acceptors (Lipinski definition) is 4. The number of carbonyl (C=O) groups excluding carboxylic acids is 1. The maximum atomic E-state index is 12.0. The number of amides is 1. The summed E-state index contributed by atoms with van der Waals surface area (Å²) in [5.74, 6) is 0.838. The molecule has 0 saturated heterocycles. The number of aryl methyl sites for hydroxylation is 2. The third kappa shape index (κ3) is 7.89. The van der Waals surface area contributed by atoms with Gasteiger partial charge in [-0.3, -0.25) is 9.79 Å². The molecule has 1 amide bonds. The molecule has 1 aromatic rings. The molecule has 1 aromatic heterocycles. The van der Waals surface area contributed by atoms with Crippen molar-refractivity contribution in [2.24, 2.45) is 4.99 Å². The van der Waals surface area contributed by atoms with Crippen LogP contribution in [0, 0.1) is 13.8 Å². The van der Waals surface area contributed by atoms with Gasteiger partial charge >= 0.3 is 0 Å². The molecule has 142 valence electrons. The molecule has 0 aromatic carbocycles. The molecule has 3 N–H and O–H groups in total. The van der Waals surface area contributed by atoms with Gasteiger partial charge in [-0.1, -0.05) is 19.3 Å². The quantitative estimate of drug-likeness (QED) is 0.333. The Kier molecular flexibility index (Phi) is 10.3. The van der Waals surface area contributed by atoms with Crippen LogP contribution >= 0.6 is 35.3 Å². The van der Waals surface area contributed by atoms with E-state index in [4.69, 9.17) is 0 Å². The predicted octanol–water partition coefficient (Wildman–Crippen LogP) is 2.88. The van der Waals surface area contributed by atoms with Crippen LogP contribution in [0.25, 0.3) is 0 Å². The summed E-state index contributed by atoms with van der Waals surface area (Å²) in [6, 6.07) is 0.376. The molecule has 1 saturated carbocycles. The van der Waals surface area contributed by atoms with Gasteiger partial charge in [-0.05, 0) is 26.7 Å². The molecule has 0 radical (unpaired) electrons. The topological polar surface area (TPSA) is 78.4 Å². The van der Waals surface area contributed by atoms with Crippen LogP contribution in [0.15, 0.2) is 4.99 Å². The summed E-state index contributed by atoms with van der Waals surface area (Å²) in [7, 11) is 1.74. The highest BCUT2D eigenvalue weighted by Gasteiger charge is 2.15. The van der Waals surface area contributed by atoms with Crippen molar-refractivity contribution in [1.29, 1.82) is 0 Å². The lowest BCUT2D eigenvalue weighted by molar-refractivity contribution is -0.121. The number of carbonyl (C=O) groups is 1. The summed E-state index contributed by atoms with van der Waals surface area (Å²) in [6.45, 7) is 5.32. The Bertz CT molecular complexity index is 569. The lowest BCUT2D eigenvalue weighted by atomic mass is 9.95. The van der Waals surface area contributed by atoms with E-state index in [-0.39, 0.29) is 29.9 Å². The second kappa shape index (κ2) is 11.7. The van der Waals surface area contributed by atoms with Crippen molar-refractivity contribution >= 4 is 47.2 Å². The second-order valence-electron chi connectivity index (χ2n) is 6.25. The first-order valence-corrected chi connectivity index (χ1v) is 9.57. The van der Waals surface area contributed by atoms with E-state index in [1.165, 1.54) is 24.1 Å². The fourth-order valence-corrected chi connectivity index (χ4v) is 3.84. The molecule has 2 rings (SSSR count). The number of nitrogens with one attached hydrogen (secondary N) is 3. The van der Waals surface area contributed by atoms with Crippen molar-refractivity contribution in [3.63, 3.8) is 0 Å². The first kappa shape index (κ1) is 22.1. The average molecular weight is 479 g/mol. The van der Waals surface area contributed by atoms with Gasteiger partial charge in [0.25, 0.3) is 0 Å². The summed E-state index contributed by atoms with van der Waals surface area (Å²) in [6.07, 6.45) is 6.48. The molecular weight excluding hydrogens is 449 g/mol. The van der Waals surface area contributed by atoms with E-state index in [0.717, 1.165) is 23.5 Å². The summed E-state index contributed by atoms with van der Waals surface area (Å²) in [5, 5.41) is 10.7. The smallest absolute Gasteiger partial charge is 0.221 e. The minimum atomic E-state index is 0. The number of guanidine groups is 1. The molecule has 1 aliphatic carbocycles. The summed E-state index contributed by atoms with van der Waals surface area (Å²) >= 11 is 1.69. The lowest BCUT2D eigenvalue weighted by Gasteiger charge is -2.22. The standard InChI is InChI=1S/C17H29N5OS.HI/c1-12-15(24-13(2)21-12)11-20-17(18-3)19-10-9-16(23)22-14-7-5-4-6-8-14;/h14H,4-11H2,1-3H3,(H,22,23)(H2,18,19,20);1H. The minimum Gasteiger partial charge on any atom is -0.356 e. The van der Waals surface area contributed by atoms with E-state index in [2.05, 4.69) is 25.9 Å². The van der Waals surface area contributed by atoms with Gasteiger partial charge in [0, 0.05) is 30.9 Å². The second-order valence-corrected chi connectivity index (χ2v) is 7.53. The van der Waals surface area contributed by atoms with Gasteiger partial charge in [0.05, 0.1) is 17.2 Å². The number of aromatic nitrogens is 1. The predicted molar refractivity (Wildman–Crippen MR) is 115 cm³/mol. The third-order valence-corrected chi connectivity index (χ3v) is 5.33. The molecule has 0 atom stereocenters. The number of hydrogen-bond donors (Lipinski definition) is 3. The van der Waals surface area contributed by atoms with Gasteiger partial charge < -0.3 is 16.0 Å². The van der Waals surface area contributed by atoms with Crippen molar-refractivity contribution in [3.05, 3.63) is 15.6 Å². The Balaban J connectivity index is 0.00000312. The first-order valence-electron chi connectivity index (χ1n) is 8.75. The van der Waals surface area contributed by atoms with Crippen LogP contribution in [0.3, 0.4) is 0 Å². The third-order valence-electron chi connectivity index (χ3n) is 4.25. The van der Waals surface area contributed by atoms with Gasteiger partial charge in [-0.15, -0.1) is 35.3 Å². The molecule has 6 nitrogen and oxygen atoms in total. The maximum Gasteiger partial charge on any atom is 0.221 e. The molecule has 0 unspecified atom stereocenters. The normalized spacial score (nSPS) is 15.4. The number of thiazole rings is 1. The van der Waals surface area contributed by atoms with E-state index in [1.807, 2.05) is 13.8 Å². The van der Waals surface area contributed by atoms with Crippen LogP contribution in [0.1, 0.15) is 54.1 Å². The Labute approximate surface area is 171 Å². The maximum absolute atomic E-state index is 12.0. The highest BCUT2D eigenvalue weighted by atomic mass is 127. The summed E-state index contributed by atoms with van der Waals surface area (Å²) < 4.78 is 0. The van der Waals surface area contributed by atoms with E-state index < -0.39 is 0 Å². The van der Waals surface area contributed by atoms with Gasteiger partial charge in [0.1, 0.15) is 0 Å². The van der Waals surface area contributed by atoms with Crippen LogP contribution in [-0.2, 0) is 11.3 Å². The fraction of sp³-hybridized carbons (Fsp3) is 0.706. The molecular formula is C17H30IN5OS. The Morgan fingerprint density at radius 3 is 2.56 bits per heavy atom. The number of aliphatic imine (C=N–C) groups is 1. The minimum absolute atomic E-state index is 0. The molecule has 1 fully saturated rings. The van der Waals surface area contributed by atoms with E-state index in [9.17, 15) is 4.79 Å². The van der Waals surface area contributed by atoms with Crippen molar-refractivity contribution in [1.82, 2.24) is 20.9 Å². The van der Waals surface area contributed by atoms with E-state index >= 15 is 0 Å². The molecule has 25 heavy (non-hydrogen) atoms. The zero-order valence-electron chi connectivity index (χ0n) is 15.4. The van der Waals surface area contributed by atoms with Crippen molar-refractivity contribution in [2.45, 2.75) is 65.0 Å². The number of nitrogens with zero attached hydrogens (tertiary/aromatic N) is 2. The molecule has 8 heteroatoms. The number of halogens is 1. The van der Waals surface area contributed by atoms with Crippen molar-refractivity contribution in [2.75, 3.05) is 13.6 Å². The van der Waals surface area contributed by atoms with Gasteiger partial charge in [0.2, 0.25) is 5.91 Å². The van der Waals surface area contributed by atoms with Gasteiger partial charge in [0.15, 0.2) is 5.96 Å². The van der Waals surface area contributed by atoms with Crippen molar-refractivity contribution < 1.29 is 4.79 Å². The highest BCUT2D eigenvalue weighted by molar-refractivity contribution is 14.0. The van der Waals surface area contributed by atoms with E-state index in [1.54, 1.807) is 18.4 Å². The highest BCUT2D eigenvalue weighted by Crippen LogP contribution is 2.17. The SMILES string of the molecule is CN=C(NCCC(=O)NC1CCCCC1)NCc1sc(C)nc1C.I. The molecule has 0 spiro atoms. The summed E-state index contributed by atoms with van der Waals surface area (Å²) in [5.41, 5.74) is 1.06. The molecule has 0 aliphatic heterocycles. The molecule has 0 bridgehead atoms. The Morgan fingerprint density at radius 2 is 1.96 bits per heavy atom. The summed E-state index contributed by atoms with van der Waals surface area (Å²) in [4.78, 5) is 21.8. The van der Waals surface area contributed by atoms with Gasteiger partial charge in [-0.2, -0.15) is 0 Å². The zero-order valence-corrected chi connectivity index (χ0v) is 18.5. The van der Waals surface area contributed by atoms with Crippen LogP contribution in [-0.4, -0.2) is 36.5 Å². The Morgan fingerprint density at radius 1 is 1.24 bits per heavy atom. The zero-order chi connectivity index (χ0) is 17.4. The van der Waals surface area contributed by atoms with E-state index in [0.29, 0.717) is 31.5 Å². The van der Waals surface area contributed by atoms with Crippen LogP contribution in [0.2, 0.25) is 0 Å². The van der Waals surface area contributed by atoms with Crippen LogP contribution < -0.4 is 16.0 Å². The lowest BCUT2D eigenvalue weighted by Crippen LogP contribution is -2.41. The van der Waals surface area contributed by atoms with Crippen LogP contribution in [0.5, 0.6) is 0 Å². The monoisotopic (exact) mass is 479 g/mol. The fourth-order valence-electron chi connectivity index (χ4n) is 2.96.